The van der Waals surface area contributed by atoms with Crippen molar-refractivity contribution in [1.82, 2.24) is 0 Å². The van der Waals surface area contributed by atoms with Crippen LogP contribution in [0.1, 0.15) is 55.8 Å². The van der Waals surface area contributed by atoms with Crippen molar-refractivity contribution in [3.8, 4) is 0 Å². The van der Waals surface area contributed by atoms with E-state index in [-0.39, 0.29) is 5.56 Å². The lowest BCUT2D eigenvalue weighted by Gasteiger charge is -2.25. The van der Waals surface area contributed by atoms with Gasteiger partial charge in [0.25, 0.3) is 0 Å². The van der Waals surface area contributed by atoms with Crippen LogP contribution in [0.3, 0.4) is 0 Å². The molecule has 0 aliphatic heterocycles. The van der Waals surface area contributed by atoms with Crippen molar-refractivity contribution in [3.63, 3.8) is 0 Å². The Bertz CT molecular complexity index is 408. The lowest BCUT2D eigenvalue weighted by molar-refractivity contribution is -0.139. The van der Waals surface area contributed by atoms with E-state index in [0.29, 0.717) is 12.3 Å². The predicted octanol–water partition coefficient (Wildman–Crippen LogP) is 4.71. The first-order chi connectivity index (χ1) is 8.98. The van der Waals surface area contributed by atoms with Crippen LogP contribution in [0, 0.1) is 5.92 Å². The third-order valence-corrected chi connectivity index (χ3v) is 3.91. The summed E-state index contributed by atoms with van der Waals surface area (Å²) in [4.78, 5) is 0. The molecule has 19 heavy (non-hydrogen) atoms. The van der Waals surface area contributed by atoms with Gasteiger partial charge >= 0.3 is 6.18 Å². The molecule has 0 saturated heterocycles. The number of halogens is 3. The molecule has 1 unspecified atom stereocenters. The Morgan fingerprint density at radius 2 is 1.74 bits per heavy atom. The smallest absolute Gasteiger partial charge is 0.388 e. The van der Waals surface area contributed by atoms with Gasteiger partial charge in [0.2, 0.25) is 0 Å². The molecule has 1 atom stereocenters. The highest BCUT2D eigenvalue weighted by Crippen LogP contribution is 2.38. The maximum Gasteiger partial charge on any atom is 0.416 e. The van der Waals surface area contributed by atoms with Gasteiger partial charge in [-0.2, -0.15) is 13.2 Å². The standard InChI is InChI=1S/C15H19F3O/c16-15(17,18)13-9-5-4-8-12(13)14(19)10-11-6-2-1-3-7-11/h4-5,8-9,11,14,19H,1-3,6-7,10H2. The summed E-state index contributed by atoms with van der Waals surface area (Å²) in [6, 6.07) is 5.34. The highest BCUT2D eigenvalue weighted by atomic mass is 19.4. The van der Waals surface area contributed by atoms with Gasteiger partial charge in [-0.25, -0.2) is 0 Å². The van der Waals surface area contributed by atoms with E-state index in [1.165, 1.54) is 18.6 Å². The number of aliphatic hydroxyl groups excluding tert-OH is 1. The molecule has 1 aromatic rings. The first-order valence-electron chi connectivity index (χ1n) is 6.82. The molecule has 0 spiro atoms. The Labute approximate surface area is 111 Å². The van der Waals surface area contributed by atoms with Crippen LogP contribution in [0.15, 0.2) is 24.3 Å². The van der Waals surface area contributed by atoms with Gasteiger partial charge in [-0.3, -0.25) is 0 Å². The van der Waals surface area contributed by atoms with Crippen LogP contribution in [0.4, 0.5) is 13.2 Å². The van der Waals surface area contributed by atoms with E-state index in [4.69, 9.17) is 0 Å². The van der Waals surface area contributed by atoms with E-state index >= 15 is 0 Å². The van der Waals surface area contributed by atoms with Gasteiger partial charge in [0.1, 0.15) is 0 Å². The number of aliphatic hydroxyl groups is 1. The van der Waals surface area contributed by atoms with Gasteiger partial charge in [0.05, 0.1) is 11.7 Å². The maximum atomic E-state index is 12.9. The van der Waals surface area contributed by atoms with E-state index in [1.54, 1.807) is 6.07 Å². The van der Waals surface area contributed by atoms with Crippen LogP contribution in [-0.4, -0.2) is 5.11 Å². The van der Waals surface area contributed by atoms with Gasteiger partial charge in [-0.15, -0.1) is 0 Å². The molecule has 0 aromatic heterocycles. The molecule has 0 bridgehead atoms. The average molecular weight is 272 g/mol. The van der Waals surface area contributed by atoms with Crippen molar-refractivity contribution in [2.45, 2.75) is 50.8 Å². The van der Waals surface area contributed by atoms with Crippen molar-refractivity contribution in [3.05, 3.63) is 35.4 Å². The summed E-state index contributed by atoms with van der Waals surface area (Å²) in [5.41, 5.74) is -0.695. The summed E-state index contributed by atoms with van der Waals surface area (Å²) in [5.74, 6) is 0.352. The number of benzene rings is 1. The molecule has 1 saturated carbocycles. The second kappa shape index (κ2) is 5.95. The quantitative estimate of drug-likeness (QED) is 0.845. The molecule has 2 rings (SSSR count). The van der Waals surface area contributed by atoms with Gasteiger partial charge in [0.15, 0.2) is 0 Å². The molecule has 0 radical (unpaired) electrons. The fourth-order valence-electron chi connectivity index (χ4n) is 2.91. The number of hydrogen-bond acceptors (Lipinski definition) is 1. The third kappa shape index (κ3) is 3.72. The summed E-state index contributed by atoms with van der Waals surface area (Å²) in [6.07, 6.45) is 0.511. The number of rotatable bonds is 3. The fourth-order valence-corrected chi connectivity index (χ4v) is 2.91. The Balaban J connectivity index is 2.12. The second-order valence-electron chi connectivity index (χ2n) is 5.34. The van der Waals surface area contributed by atoms with E-state index < -0.39 is 17.8 Å². The molecule has 106 valence electrons. The van der Waals surface area contributed by atoms with Crippen molar-refractivity contribution >= 4 is 0 Å². The second-order valence-corrected chi connectivity index (χ2v) is 5.34. The molecule has 1 nitrogen and oxygen atoms in total. The molecule has 1 aliphatic rings. The van der Waals surface area contributed by atoms with Crippen LogP contribution in [0.5, 0.6) is 0 Å². The van der Waals surface area contributed by atoms with Gasteiger partial charge < -0.3 is 5.11 Å². The molecule has 1 aliphatic carbocycles. The Morgan fingerprint density at radius 1 is 1.11 bits per heavy atom. The van der Waals surface area contributed by atoms with Crippen LogP contribution in [0.25, 0.3) is 0 Å². The Morgan fingerprint density at radius 3 is 2.37 bits per heavy atom. The van der Waals surface area contributed by atoms with Crippen molar-refractivity contribution < 1.29 is 18.3 Å². The van der Waals surface area contributed by atoms with E-state index in [2.05, 4.69) is 0 Å². The first kappa shape index (κ1) is 14.4. The molecule has 1 aromatic carbocycles. The average Bonchev–Trinajstić information content (AvgIpc) is 2.39. The minimum absolute atomic E-state index is 0.0144. The molecular formula is C15H19F3O. The van der Waals surface area contributed by atoms with Crippen LogP contribution < -0.4 is 0 Å². The fraction of sp³-hybridized carbons (Fsp3) is 0.600. The largest absolute Gasteiger partial charge is 0.416 e. The zero-order valence-electron chi connectivity index (χ0n) is 10.8. The van der Waals surface area contributed by atoms with Crippen molar-refractivity contribution in [2.75, 3.05) is 0 Å². The summed E-state index contributed by atoms with van der Waals surface area (Å²) in [6.45, 7) is 0. The minimum Gasteiger partial charge on any atom is -0.388 e. The van der Waals surface area contributed by atoms with Gasteiger partial charge in [0, 0.05) is 0 Å². The molecule has 0 amide bonds. The summed E-state index contributed by atoms with van der Waals surface area (Å²) in [5, 5.41) is 10.1. The highest BCUT2D eigenvalue weighted by molar-refractivity contribution is 5.31. The van der Waals surface area contributed by atoms with Crippen molar-refractivity contribution in [2.24, 2.45) is 5.92 Å². The van der Waals surface area contributed by atoms with Crippen LogP contribution in [-0.2, 0) is 6.18 Å². The summed E-state index contributed by atoms with van der Waals surface area (Å²) in [7, 11) is 0. The Hall–Kier alpha value is -1.03. The number of alkyl halides is 3. The van der Waals surface area contributed by atoms with E-state index in [1.807, 2.05) is 0 Å². The molecule has 1 N–H and O–H groups in total. The Kier molecular flexibility index (Phi) is 4.50. The SMILES string of the molecule is OC(CC1CCCCC1)c1ccccc1C(F)(F)F. The predicted molar refractivity (Wildman–Crippen MR) is 67.6 cm³/mol. The highest BCUT2D eigenvalue weighted by Gasteiger charge is 2.35. The molecule has 1 fully saturated rings. The summed E-state index contributed by atoms with van der Waals surface area (Å²) >= 11 is 0. The lowest BCUT2D eigenvalue weighted by atomic mass is 9.83. The van der Waals surface area contributed by atoms with Crippen LogP contribution in [0.2, 0.25) is 0 Å². The monoisotopic (exact) mass is 272 g/mol. The third-order valence-electron chi connectivity index (χ3n) is 3.91. The van der Waals surface area contributed by atoms with Crippen molar-refractivity contribution in [1.29, 1.82) is 0 Å². The molecule has 4 heteroatoms. The maximum absolute atomic E-state index is 12.9. The van der Waals surface area contributed by atoms with Crippen LogP contribution >= 0.6 is 0 Å². The van der Waals surface area contributed by atoms with Gasteiger partial charge in [-0.05, 0) is 24.0 Å². The summed E-state index contributed by atoms with van der Waals surface area (Å²) < 4.78 is 38.6. The van der Waals surface area contributed by atoms with E-state index in [0.717, 1.165) is 31.7 Å². The number of hydrogen-bond donors (Lipinski definition) is 1. The zero-order valence-corrected chi connectivity index (χ0v) is 10.8. The molecule has 0 heterocycles. The first-order valence-corrected chi connectivity index (χ1v) is 6.82. The minimum atomic E-state index is -4.40. The lowest BCUT2D eigenvalue weighted by Crippen LogP contribution is -2.15. The van der Waals surface area contributed by atoms with Gasteiger partial charge in [-0.1, -0.05) is 50.3 Å². The zero-order chi connectivity index (χ0) is 13.9. The molecular weight excluding hydrogens is 253 g/mol. The van der Waals surface area contributed by atoms with E-state index in [9.17, 15) is 18.3 Å². The topological polar surface area (TPSA) is 20.2 Å². The normalized spacial score (nSPS) is 19.4.